The predicted molar refractivity (Wildman–Crippen MR) is 97.4 cm³/mol. The number of rotatable bonds is 4. The molecule has 0 saturated carbocycles. The number of amides is 1. The van der Waals surface area contributed by atoms with Crippen molar-refractivity contribution in [3.63, 3.8) is 0 Å². The highest BCUT2D eigenvalue weighted by Crippen LogP contribution is 2.24. The second-order valence-electron chi connectivity index (χ2n) is 7.30. The molecule has 0 aliphatic carbocycles. The molecule has 1 heterocycles. The van der Waals surface area contributed by atoms with Gasteiger partial charge in [0.2, 0.25) is 5.91 Å². The summed E-state index contributed by atoms with van der Waals surface area (Å²) in [5.41, 5.74) is 5.55. The lowest BCUT2D eigenvalue weighted by molar-refractivity contribution is -0.136. The normalized spacial score (nSPS) is 15.9. The van der Waals surface area contributed by atoms with Crippen LogP contribution in [-0.4, -0.2) is 47.7 Å². The van der Waals surface area contributed by atoms with E-state index < -0.39 is 0 Å². The fourth-order valence-corrected chi connectivity index (χ4v) is 3.73. The summed E-state index contributed by atoms with van der Waals surface area (Å²) in [7, 11) is 0. The summed E-state index contributed by atoms with van der Waals surface area (Å²) in [6, 6.07) is 2.12. The van der Waals surface area contributed by atoms with Gasteiger partial charge in [-0.2, -0.15) is 0 Å². The average Bonchev–Trinajstić information content (AvgIpc) is 2.50. The van der Waals surface area contributed by atoms with Crippen molar-refractivity contribution in [2.75, 3.05) is 26.2 Å². The fraction of sp³-hybridized carbons (Fsp3) is 0.600. The molecule has 132 valence electrons. The van der Waals surface area contributed by atoms with Crippen molar-refractivity contribution in [1.82, 2.24) is 9.80 Å². The lowest BCUT2D eigenvalue weighted by atomic mass is 9.91. The molecule has 0 bridgehead atoms. The molecule has 0 spiro atoms. The molecule has 2 rings (SSSR count). The zero-order valence-electron chi connectivity index (χ0n) is 15.9. The molecule has 1 aliphatic rings. The van der Waals surface area contributed by atoms with Crippen LogP contribution in [0, 0.1) is 26.7 Å². The molecular formula is C20H30N2O2. The molecule has 0 N–H and O–H groups in total. The summed E-state index contributed by atoms with van der Waals surface area (Å²) < 4.78 is 0. The maximum absolute atomic E-state index is 12.1. The maximum atomic E-state index is 12.1. The SMILES string of the molecule is CC(=O)c1c(C)cc(C)c(CN2CCN(C(=O)C(C)C)CC2)c1C. The van der Waals surface area contributed by atoms with Gasteiger partial charge in [-0.15, -0.1) is 0 Å². The Morgan fingerprint density at radius 2 is 1.62 bits per heavy atom. The Morgan fingerprint density at radius 1 is 1.04 bits per heavy atom. The topological polar surface area (TPSA) is 40.6 Å². The van der Waals surface area contributed by atoms with Crippen LogP contribution in [0.3, 0.4) is 0 Å². The van der Waals surface area contributed by atoms with Crippen LogP contribution in [0.2, 0.25) is 0 Å². The van der Waals surface area contributed by atoms with Gasteiger partial charge in [-0.1, -0.05) is 19.9 Å². The quantitative estimate of drug-likeness (QED) is 0.797. The van der Waals surface area contributed by atoms with Crippen molar-refractivity contribution in [2.45, 2.75) is 48.1 Å². The summed E-state index contributed by atoms with van der Waals surface area (Å²) in [5.74, 6) is 0.450. The van der Waals surface area contributed by atoms with Gasteiger partial charge in [0, 0.05) is 44.2 Å². The van der Waals surface area contributed by atoms with Crippen LogP contribution < -0.4 is 0 Å². The third kappa shape index (κ3) is 3.86. The Bertz CT molecular complexity index is 642. The molecule has 0 unspecified atom stereocenters. The molecule has 1 aromatic rings. The smallest absolute Gasteiger partial charge is 0.225 e. The fourth-order valence-electron chi connectivity index (χ4n) is 3.73. The molecule has 1 fully saturated rings. The van der Waals surface area contributed by atoms with Gasteiger partial charge in [-0.3, -0.25) is 14.5 Å². The van der Waals surface area contributed by atoms with E-state index in [0.717, 1.165) is 49.4 Å². The van der Waals surface area contributed by atoms with Gasteiger partial charge < -0.3 is 4.90 Å². The number of hydrogen-bond donors (Lipinski definition) is 0. The number of carbonyl (C=O) groups excluding carboxylic acids is 2. The van der Waals surface area contributed by atoms with Crippen LogP contribution in [0.1, 0.15) is 53.4 Å². The Morgan fingerprint density at radius 3 is 2.12 bits per heavy atom. The van der Waals surface area contributed by atoms with Crippen molar-refractivity contribution in [1.29, 1.82) is 0 Å². The molecule has 0 atom stereocenters. The van der Waals surface area contributed by atoms with Crippen LogP contribution in [0.5, 0.6) is 0 Å². The number of Topliss-reactive ketones (excluding diaryl/α,β-unsaturated/α-hetero) is 1. The number of nitrogens with zero attached hydrogens (tertiary/aromatic N) is 2. The number of benzene rings is 1. The highest BCUT2D eigenvalue weighted by atomic mass is 16.2. The summed E-state index contributed by atoms with van der Waals surface area (Å²) in [5, 5.41) is 0. The van der Waals surface area contributed by atoms with E-state index in [0.29, 0.717) is 0 Å². The van der Waals surface area contributed by atoms with Gasteiger partial charge in [-0.05, 0) is 49.9 Å². The van der Waals surface area contributed by atoms with E-state index in [-0.39, 0.29) is 17.6 Å². The van der Waals surface area contributed by atoms with Gasteiger partial charge >= 0.3 is 0 Å². The summed E-state index contributed by atoms with van der Waals surface area (Å²) in [6.45, 7) is 16.0. The van der Waals surface area contributed by atoms with Crippen LogP contribution in [-0.2, 0) is 11.3 Å². The van der Waals surface area contributed by atoms with Gasteiger partial charge in [0.15, 0.2) is 5.78 Å². The number of aryl methyl sites for hydroxylation is 2. The standard InChI is InChI=1S/C20H30N2O2/c1-13(2)20(24)22-9-7-21(8-10-22)12-18-14(3)11-15(4)19(16(18)5)17(6)23/h11,13H,7-10,12H2,1-6H3. The first-order valence-electron chi connectivity index (χ1n) is 8.84. The van der Waals surface area contributed by atoms with E-state index in [1.807, 2.05) is 25.7 Å². The largest absolute Gasteiger partial charge is 0.340 e. The van der Waals surface area contributed by atoms with Crippen molar-refractivity contribution < 1.29 is 9.59 Å². The first-order valence-corrected chi connectivity index (χ1v) is 8.84. The second-order valence-corrected chi connectivity index (χ2v) is 7.30. The highest BCUT2D eigenvalue weighted by molar-refractivity contribution is 5.97. The number of ketones is 1. The van der Waals surface area contributed by atoms with E-state index >= 15 is 0 Å². The van der Waals surface area contributed by atoms with Gasteiger partial charge in [0.05, 0.1) is 0 Å². The molecule has 1 aliphatic heterocycles. The van der Waals surface area contributed by atoms with Crippen LogP contribution >= 0.6 is 0 Å². The van der Waals surface area contributed by atoms with E-state index in [1.54, 1.807) is 6.92 Å². The van der Waals surface area contributed by atoms with E-state index in [2.05, 4.69) is 24.8 Å². The molecule has 0 aromatic heterocycles. The Labute approximate surface area is 145 Å². The summed E-state index contributed by atoms with van der Waals surface area (Å²) in [4.78, 5) is 28.4. The third-order valence-electron chi connectivity index (χ3n) is 5.04. The predicted octanol–water partition coefficient (Wildman–Crippen LogP) is 3.11. The Balaban J connectivity index is 2.12. The van der Waals surface area contributed by atoms with E-state index in [1.165, 1.54) is 11.1 Å². The summed E-state index contributed by atoms with van der Waals surface area (Å²) >= 11 is 0. The van der Waals surface area contributed by atoms with Gasteiger partial charge in [0.1, 0.15) is 0 Å². The zero-order valence-corrected chi connectivity index (χ0v) is 15.9. The molecule has 0 radical (unpaired) electrons. The minimum absolute atomic E-state index is 0.0660. The highest BCUT2D eigenvalue weighted by Gasteiger charge is 2.24. The number of piperazine rings is 1. The van der Waals surface area contributed by atoms with Crippen LogP contribution in [0.4, 0.5) is 0 Å². The van der Waals surface area contributed by atoms with Crippen molar-refractivity contribution >= 4 is 11.7 Å². The average molecular weight is 330 g/mol. The minimum Gasteiger partial charge on any atom is -0.340 e. The molecule has 1 aromatic carbocycles. The molecule has 4 heteroatoms. The van der Waals surface area contributed by atoms with Crippen molar-refractivity contribution in [3.8, 4) is 0 Å². The van der Waals surface area contributed by atoms with Crippen molar-refractivity contribution in [3.05, 3.63) is 33.9 Å². The second kappa shape index (κ2) is 7.47. The Kier molecular flexibility index (Phi) is 5.81. The first-order chi connectivity index (χ1) is 11.2. The Hall–Kier alpha value is -1.68. The number of hydrogen-bond acceptors (Lipinski definition) is 3. The molecule has 1 amide bonds. The third-order valence-corrected chi connectivity index (χ3v) is 5.04. The zero-order chi connectivity index (χ0) is 18.0. The van der Waals surface area contributed by atoms with E-state index in [4.69, 9.17) is 0 Å². The number of carbonyl (C=O) groups is 2. The van der Waals surface area contributed by atoms with Gasteiger partial charge in [0.25, 0.3) is 0 Å². The molecule has 24 heavy (non-hydrogen) atoms. The minimum atomic E-state index is 0.0660. The summed E-state index contributed by atoms with van der Waals surface area (Å²) in [6.07, 6.45) is 0. The molecular weight excluding hydrogens is 300 g/mol. The van der Waals surface area contributed by atoms with Crippen LogP contribution in [0.15, 0.2) is 6.07 Å². The molecule has 4 nitrogen and oxygen atoms in total. The maximum Gasteiger partial charge on any atom is 0.225 e. The van der Waals surface area contributed by atoms with Gasteiger partial charge in [-0.25, -0.2) is 0 Å². The monoisotopic (exact) mass is 330 g/mol. The van der Waals surface area contributed by atoms with Crippen molar-refractivity contribution in [2.24, 2.45) is 5.92 Å². The lowest BCUT2D eigenvalue weighted by Gasteiger charge is -2.36. The lowest BCUT2D eigenvalue weighted by Crippen LogP contribution is -2.49. The van der Waals surface area contributed by atoms with E-state index in [9.17, 15) is 9.59 Å². The van der Waals surface area contributed by atoms with Crippen LogP contribution in [0.25, 0.3) is 0 Å². The molecule has 1 saturated heterocycles. The first kappa shape index (κ1) is 18.7.